The topological polar surface area (TPSA) is 98.6 Å². The number of hydrogen-bond donors (Lipinski definition) is 1. The van der Waals surface area contributed by atoms with Gasteiger partial charge >= 0.3 is 5.97 Å². The highest BCUT2D eigenvalue weighted by atomic mass is 127. The Morgan fingerprint density at radius 1 is 1.30 bits per heavy atom. The predicted octanol–water partition coefficient (Wildman–Crippen LogP) is 4.51. The fourth-order valence-electron chi connectivity index (χ4n) is 2.75. The highest BCUT2D eigenvalue weighted by Crippen LogP contribution is 2.42. The average Bonchev–Trinajstić information content (AvgIpc) is 3.30. The summed E-state index contributed by atoms with van der Waals surface area (Å²) >= 11 is 4.62. The van der Waals surface area contributed by atoms with Gasteiger partial charge in [0.1, 0.15) is 10.9 Å². The van der Waals surface area contributed by atoms with Gasteiger partial charge in [0.2, 0.25) is 0 Å². The van der Waals surface area contributed by atoms with Crippen molar-refractivity contribution in [1.29, 1.82) is 5.41 Å². The molecule has 1 aliphatic heterocycles. The summed E-state index contributed by atoms with van der Waals surface area (Å²) in [5.41, 5.74) is 0.745. The van der Waals surface area contributed by atoms with Crippen LogP contribution in [0, 0.1) is 8.98 Å². The van der Waals surface area contributed by atoms with Crippen molar-refractivity contribution in [1.82, 2.24) is 4.98 Å². The number of aromatic nitrogens is 1. The molecular formula is C20H19IN2O5S2. The molecule has 1 atom stereocenters. The Bertz CT molecular complexity index is 991. The van der Waals surface area contributed by atoms with Crippen LogP contribution in [0.1, 0.15) is 30.3 Å². The number of ether oxygens (including phenoxy) is 3. The van der Waals surface area contributed by atoms with Gasteiger partial charge in [-0.15, -0.1) is 11.3 Å². The lowest BCUT2D eigenvalue weighted by molar-refractivity contribution is -0.145. The van der Waals surface area contributed by atoms with Crippen LogP contribution in [0.15, 0.2) is 28.6 Å². The Morgan fingerprint density at radius 2 is 2.10 bits per heavy atom. The molecule has 1 N–H and O–H groups in total. The number of nitrogens with zero attached hydrogens (tertiary/aromatic N) is 1. The van der Waals surface area contributed by atoms with Crippen LogP contribution in [0.4, 0.5) is 0 Å². The number of halogens is 1. The number of nitrogens with one attached hydrogen (secondary N) is 1. The van der Waals surface area contributed by atoms with Crippen molar-refractivity contribution in [2.24, 2.45) is 0 Å². The van der Waals surface area contributed by atoms with Gasteiger partial charge < -0.3 is 14.2 Å². The van der Waals surface area contributed by atoms with E-state index in [0.717, 1.165) is 20.9 Å². The van der Waals surface area contributed by atoms with Crippen LogP contribution in [0.3, 0.4) is 0 Å². The Balaban J connectivity index is 1.86. The maximum absolute atomic E-state index is 12.8. The molecule has 0 bridgehead atoms. The van der Waals surface area contributed by atoms with Crippen LogP contribution in [0.25, 0.3) is 6.08 Å². The molecule has 0 radical (unpaired) electrons. The van der Waals surface area contributed by atoms with Gasteiger partial charge in [0.15, 0.2) is 23.9 Å². The van der Waals surface area contributed by atoms with Gasteiger partial charge in [-0.25, -0.2) is 9.78 Å². The molecule has 0 spiro atoms. The molecule has 1 fully saturated rings. The molecule has 1 saturated heterocycles. The van der Waals surface area contributed by atoms with E-state index in [2.05, 4.69) is 27.6 Å². The Morgan fingerprint density at radius 3 is 2.77 bits per heavy atom. The minimum Gasteiger partial charge on any atom is -0.490 e. The summed E-state index contributed by atoms with van der Waals surface area (Å²) in [6.07, 6.45) is 3.38. The predicted molar refractivity (Wildman–Crippen MR) is 126 cm³/mol. The van der Waals surface area contributed by atoms with Gasteiger partial charge in [-0.1, -0.05) is 11.8 Å². The van der Waals surface area contributed by atoms with Gasteiger partial charge in [0.25, 0.3) is 0 Å². The van der Waals surface area contributed by atoms with Crippen LogP contribution in [-0.2, 0) is 14.3 Å². The summed E-state index contributed by atoms with van der Waals surface area (Å²) in [5, 5.41) is 10.9. The lowest BCUT2D eigenvalue weighted by Crippen LogP contribution is -2.15. The quantitative estimate of drug-likeness (QED) is 0.289. The second kappa shape index (κ2) is 10.4. The second-order valence-electron chi connectivity index (χ2n) is 6.00. The van der Waals surface area contributed by atoms with Crippen molar-refractivity contribution >= 4 is 68.6 Å². The number of benzene rings is 1. The third-order valence-corrected chi connectivity index (χ3v) is 6.59. The molecule has 2 aromatic rings. The number of ketones is 1. The van der Waals surface area contributed by atoms with Gasteiger partial charge in [-0.3, -0.25) is 10.2 Å². The molecule has 30 heavy (non-hydrogen) atoms. The summed E-state index contributed by atoms with van der Waals surface area (Å²) in [6.45, 7) is 4.06. The van der Waals surface area contributed by atoms with Crippen LogP contribution in [-0.4, -0.2) is 41.6 Å². The van der Waals surface area contributed by atoms with E-state index in [0.29, 0.717) is 28.0 Å². The second-order valence-corrected chi connectivity index (χ2v) is 9.17. The highest BCUT2D eigenvalue weighted by Gasteiger charge is 2.38. The number of hydrogen-bond acceptors (Lipinski definition) is 9. The minimum atomic E-state index is -0.626. The SMILES string of the molecule is CCOC(=O)COc1c(I)cc(/C=C2\SC(=N)[C@H](c3nccs3)C2=O)cc1OCC. The van der Waals surface area contributed by atoms with Crippen LogP contribution < -0.4 is 9.47 Å². The van der Waals surface area contributed by atoms with Crippen molar-refractivity contribution in [3.63, 3.8) is 0 Å². The smallest absolute Gasteiger partial charge is 0.344 e. The number of carbonyl (C=O) groups is 2. The number of thiazole rings is 1. The van der Waals surface area contributed by atoms with Gasteiger partial charge in [-0.05, 0) is 60.2 Å². The zero-order chi connectivity index (χ0) is 21.7. The summed E-state index contributed by atoms with van der Waals surface area (Å²) in [4.78, 5) is 29.2. The molecule has 7 nitrogen and oxygen atoms in total. The summed E-state index contributed by atoms with van der Waals surface area (Å²) in [7, 11) is 0. The number of esters is 1. The Hall–Kier alpha value is -1.92. The maximum atomic E-state index is 12.8. The normalized spacial score (nSPS) is 17.4. The van der Waals surface area contributed by atoms with Crippen molar-refractivity contribution < 1.29 is 23.8 Å². The third kappa shape index (κ3) is 5.22. The van der Waals surface area contributed by atoms with E-state index in [4.69, 9.17) is 19.6 Å². The molecule has 1 aromatic carbocycles. The van der Waals surface area contributed by atoms with E-state index in [1.807, 2.05) is 13.0 Å². The van der Waals surface area contributed by atoms with Gasteiger partial charge in [0, 0.05) is 11.6 Å². The van der Waals surface area contributed by atoms with Crippen LogP contribution in [0.5, 0.6) is 11.5 Å². The summed E-state index contributed by atoms with van der Waals surface area (Å²) in [5.74, 6) is -0.287. The fourth-order valence-corrected chi connectivity index (χ4v) is 5.34. The Labute approximate surface area is 195 Å². The first-order valence-electron chi connectivity index (χ1n) is 9.10. The molecule has 158 valence electrons. The standard InChI is InChI=1S/C20H19IN2O5S2/c1-3-26-13-8-11(7-12(21)18(13)28-10-15(24)27-4-2)9-14-17(25)16(19(22)30-14)20-23-5-6-29-20/h5-9,16,22H,3-4,10H2,1-2H3/b14-9-,22-19?/t16-/m1/s1. The lowest BCUT2D eigenvalue weighted by atomic mass is 10.0. The number of thioether (sulfide) groups is 1. The first-order valence-corrected chi connectivity index (χ1v) is 11.9. The summed E-state index contributed by atoms with van der Waals surface area (Å²) in [6, 6.07) is 3.60. The zero-order valence-corrected chi connectivity index (χ0v) is 20.1. The number of carbonyl (C=O) groups excluding carboxylic acids is 2. The van der Waals surface area contributed by atoms with Crippen molar-refractivity contribution in [2.45, 2.75) is 19.8 Å². The molecule has 0 unspecified atom stereocenters. The van der Waals surface area contributed by atoms with Crippen molar-refractivity contribution in [3.8, 4) is 11.5 Å². The molecule has 3 rings (SSSR count). The first kappa shape index (κ1) is 22.8. The lowest BCUT2D eigenvalue weighted by Gasteiger charge is -2.14. The maximum Gasteiger partial charge on any atom is 0.344 e. The molecule has 0 aliphatic carbocycles. The number of Topliss-reactive ketones (excluding diaryl/α,β-unsaturated/α-hetero) is 1. The molecule has 0 amide bonds. The van der Waals surface area contributed by atoms with E-state index in [-0.39, 0.29) is 24.0 Å². The molecule has 1 aromatic heterocycles. The molecule has 10 heteroatoms. The highest BCUT2D eigenvalue weighted by molar-refractivity contribution is 14.1. The largest absolute Gasteiger partial charge is 0.490 e. The molecular weight excluding hydrogens is 539 g/mol. The number of allylic oxidation sites excluding steroid dienone is 1. The Kier molecular flexibility index (Phi) is 7.89. The minimum absolute atomic E-state index is 0.129. The monoisotopic (exact) mass is 558 g/mol. The molecule has 1 aliphatic rings. The first-order chi connectivity index (χ1) is 14.4. The molecule has 2 heterocycles. The van der Waals surface area contributed by atoms with Crippen LogP contribution >= 0.6 is 45.7 Å². The summed E-state index contributed by atoms with van der Waals surface area (Å²) < 4.78 is 16.9. The number of rotatable bonds is 8. The van der Waals surface area contributed by atoms with E-state index in [1.165, 1.54) is 11.3 Å². The van der Waals surface area contributed by atoms with Crippen LogP contribution in [0.2, 0.25) is 0 Å². The van der Waals surface area contributed by atoms with Crippen molar-refractivity contribution in [3.05, 3.63) is 42.8 Å². The van der Waals surface area contributed by atoms with Crippen molar-refractivity contribution in [2.75, 3.05) is 19.8 Å². The van der Waals surface area contributed by atoms with Gasteiger partial charge in [0.05, 0.1) is 26.7 Å². The van der Waals surface area contributed by atoms with E-state index in [9.17, 15) is 9.59 Å². The van der Waals surface area contributed by atoms with E-state index < -0.39 is 11.9 Å². The average molecular weight is 558 g/mol. The molecule has 0 saturated carbocycles. The third-order valence-electron chi connectivity index (χ3n) is 3.95. The zero-order valence-electron chi connectivity index (χ0n) is 16.3. The fraction of sp³-hybridized carbons (Fsp3) is 0.300. The van der Waals surface area contributed by atoms with E-state index >= 15 is 0 Å². The van der Waals surface area contributed by atoms with E-state index in [1.54, 1.807) is 30.6 Å². The van der Waals surface area contributed by atoms with Gasteiger partial charge in [-0.2, -0.15) is 0 Å².